The summed E-state index contributed by atoms with van der Waals surface area (Å²) in [6.07, 6.45) is 1.63. The molecule has 0 aliphatic heterocycles. The molecule has 0 unspecified atom stereocenters. The summed E-state index contributed by atoms with van der Waals surface area (Å²) in [6, 6.07) is 19.2. The second kappa shape index (κ2) is 9.23. The number of pyridine rings is 1. The number of benzene rings is 2. The molecule has 0 aliphatic carbocycles. The number of aliphatic carboxylic acids is 1. The monoisotopic (exact) mass is 489 g/mol. The number of hydrogen-bond donors (Lipinski definition) is 1. The highest BCUT2D eigenvalue weighted by Gasteiger charge is 2.20. The fourth-order valence-corrected chi connectivity index (χ4v) is 2.85. The molecule has 0 bridgehead atoms. The quantitative estimate of drug-likeness (QED) is 0.287. The standard InChI is InChI=1S/C21H16INO5/c1-26-18(14-7-3-2-4-8-14)19(21(24)25)27-15-9-5-10-16(13-15)28-20-17(22)11-6-12-23-20/h2-13H,1H3,(H,24,25). The van der Waals surface area contributed by atoms with Crippen LogP contribution in [0.3, 0.4) is 0 Å². The lowest BCUT2D eigenvalue weighted by atomic mass is 10.1. The molecule has 2 aromatic carbocycles. The highest BCUT2D eigenvalue weighted by atomic mass is 127. The topological polar surface area (TPSA) is 77.9 Å². The maximum absolute atomic E-state index is 11.8. The van der Waals surface area contributed by atoms with Crippen LogP contribution >= 0.6 is 22.6 Å². The van der Waals surface area contributed by atoms with Crippen LogP contribution in [-0.4, -0.2) is 23.2 Å². The van der Waals surface area contributed by atoms with Crippen molar-refractivity contribution in [3.63, 3.8) is 0 Å². The normalized spacial score (nSPS) is 11.4. The third-order valence-corrected chi connectivity index (χ3v) is 4.43. The first-order chi connectivity index (χ1) is 13.6. The molecule has 0 fully saturated rings. The summed E-state index contributed by atoms with van der Waals surface area (Å²) in [5.74, 6) is -0.219. The van der Waals surface area contributed by atoms with Crippen molar-refractivity contribution in [1.82, 2.24) is 4.98 Å². The second-order valence-electron chi connectivity index (χ2n) is 5.50. The van der Waals surface area contributed by atoms with E-state index in [0.717, 1.165) is 3.57 Å². The van der Waals surface area contributed by atoms with Gasteiger partial charge >= 0.3 is 5.97 Å². The molecular formula is C21H16INO5. The van der Waals surface area contributed by atoms with Gasteiger partial charge in [0.05, 0.1) is 10.7 Å². The number of aromatic nitrogens is 1. The van der Waals surface area contributed by atoms with Gasteiger partial charge in [0, 0.05) is 17.8 Å². The van der Waals surface area contributed by atoms with E-state index >= 15 is 0 Å². The smallest absolute Gasteiger partial charge is 0.375 e. The minimum atomic E-state index is -1.24. The van der Waals surface area contributed by atoms with E-state index in [1.165, 1.54) is 7.11 Å². The zero-order chi connectivity index (χ0) is 19.9. The van der Waals surface area contributed by atoms with Crippen molar-refractivity contribution >= 4 is 34.3 Å². The Morgan fingerprint density at radius 1 is 1.00 bits per heavy atom. The summed E-state index contributed by atoms with van der Waals surface area (Å²) in [5, 5.41) is 9.63. The van der Waals surface area contributed by atoms with Crippen LogP contribution in [0.5, 0.6) is 17.4 Å². The first-order valence-electron chi connectivity index (χ1n) is 8.21. The van der Waals surface area contributed by atoms with Gasteiger partial charge in [-0.2, -0.15) is 0 Å². The van der Waals surface area contributed by atoms with Gasteiger partial charge in [-0.15, -0.1) is 0 Å². The highest BCUT2D eigenvalue weighted by Crippen LogP contribution is 2.29. The van der Waals surface area contributed by atoms with Crippen LogP contribution < -0.4 is 9.47 Å². The van der Waals surface area contributed by atoms with Crippen LogP contribution in [0.25, 0.3) is 5.76 Å². The molecule has 0 radical (unpaired) electrons. The molecule has 28 heavy (non-hydrogen) atoms. The van der Waals surface area contributed by atoms with E-state index in [1.807, 2.05) is 18.2 Å². The van der Waals surface area contributed by atoms with Crippen molar-refractivity contribution in [3.05, 3.63) is 87.8 Å². The maximum Gasteiger partial charge on any atom is 0.375 e. The lowest BCUT2D eigenvalue weighted by Crippen LogP contribution is -2.12. The molecule has 1 heterocycles. The lowest BCUT2D eigenvalue weighted by Gasteiger charge is -2.13. The summed E-state index contributed by atoms with van der Waals surface area (Å²) >= 11 is 2.12. The number of rotatable bonds is 7. The number of halogens is 1. The van der Waals surface area contributed by atoms with Gasteiger partial charge in [0.25, 0.3) is 5.76 Å². The number of carboxylic acid groups (broad SMARTS) is 1. The average Bonchev–Trinajstić information content (AvgIpc) is 2.70. The summed E-state index contributed by atoms with van der Waals surface area (Å²) in [6.45, 7) is 0. The number of carboxylic acids is 1. The van der Waals surface area contributed by atoms with E-state index in [0.29, 0.717) is 22.9 Å². The van der Waals surface area contributed by atoms with Crippen LogP contribution in [0.1, 0.15) is 5.56 Å². The molecule has 1 N–H and O–H groups in total. The number of hydrogen-bond acceptors (Lipinski definition) is 5. The Kier molecular flexibility index (Phi) is 6.49. The maximum atomic E-state index is 11.8. The van der Waals surface area contributed by atoms with Crippen molar-refractivity contribution in [1.29, 1.82) is 0 Å². The first-order valence-corrected chi connectivity index (χ1v) is 9.29. The summed E-state index contributed by atoms with van der Waals surface area (Å²) < 4.78 is 17.6. The molecule has 0 spiro atoms. The molecule has 142 valence electrons. The largest absolute Gasteiger partial charge is 0.492 e. The van der Waals surface area contributed by atoms with Crippen LogP contribution in [-0.2, 0) is 9.53 Å². The van der Waals surface area contributed by atoms with Gasteiger partial charge in [-0.3, -0.25) is 0 Å². The Hall–Kier alpha value is -3.07. The van der Waals surface area contributed by atoms with Crippen molar-refractivity contribution in [2.45, 2.75) is 0 Å². The third-order valence-electron chi connectivity index (χ3n) is 3.61. The molecule has 7 heteroatoms. The number of nitrogens with zero attached hydrogens (tertiary/aromatic N) is 1. The van der Waals surface area contributed by atoms with Crippen LogP contribution in [0, 0.1) is 3.57 Å². The first kappa shape index (κ1) is 19.7. The van der Waals surface area contributed by atoms with E-state index in [4.69, 9.17) is 14.2 Å². The SMILES string of the molecule is COC(=C(Oc1cccc(Oc2ncccc2I)c1)C(=O)O)c1ccccc1. The lowest BCUT2D eigenvalue weighted by molar-refractivity contribution is -0.135. The molecule has 0 aliphatic rings. The molecule has 0 saturated carbocycles. The van der Waals surface area contributed by atoms with Gasteiger partial charge in [0.1, 0.15) is 11.5 Å². The minimum absolute atomic E-state index is 0.124. The zero-order valence-corrected chi connectivity index (χ0v) is 17.0. The number of ether oxygens (including phenoxy) is 3. The van der Waals surface area contributed by atoms with Crippen molar-refractivity contribution in [2.75, 3.05) is 7.11 Å². The molecule has 3 aromatic rings. The molecule has 0 atom stereocenters. The van der Waals surface area contributed by atoms with E-state index in [1.54, 1.807) is 54.7 Å². The Morgan fingerprint density at radius 2 is 1.75 bits per heavy atom. The molecule has 6 nitrogen and oxygen atoms in total. The minimum Gasteiger partial charge on any atom is -0.492 e. The number of carbonyl (C=O) groups is 1. The second-order valence-corrected chi connectivity index (χ2v) is 6.67. The Labute approximate surface area is 175 Å². The van der Waals surface area contributed by atoms with Crippen molar-refractivity contribution in [2.24, 2.45) is 0 Å². The summed E-state index contributed by atoms with van der Waals surface area (Å²) in [7, 11) is 1.40. The van der Waals surface area contributed by atoms with Gasteiger partial charge in [0.15, 0.2) is 5.76 Å². The Bertz CT molecular complexity index is 1000. The molecule has 0 saturated heterocycles. The van der Waals surface area contributed by atoms with Crippen LogP contribution in [0.4, 0.5) is 0 Å². The third kappa shape index (κ3) is 4.80. The van der Waals surface area contributed by atoms with E-state index < -0.39 is 5.97 Å². The summed E-state index contributed by atoms with van der Waals surface area (Å²) in [5.41, 5.74) is 0.595. The van der Waals surface area contributed by atoms with Gasteiger partial charge in [0.2, 0.25) is 5.88 Å². The zero-order valence-electron chi connectivity index (χ0n) is 14.8. The molecule has 0 amide bonds. The Morgan fingerprint density at radius 3 is 2.43 bits per heavy atom. The Balaban J connectivity index is 1.91. The van der Waals surface area contributed by atoms with Crippen molar-refractivity contribution in [3.8, 4) is 17.4 Å². The summed E-state index contributed by atoms with van der Waals surface area (Å²) in [4.78, 5) is 16.0. The fourth-order valence-electron chi connectivity index (χ4n) is 2.40. The van der Waals surface area contributed by atoms with Crippen LogP contribution in [0.2, 0.25) is 0 Å². The van der Waals surface area contributed by atoms with Crippen molar-refractivity contribution < 1.29 is 24.1 Å². The van der Waals surface area contributed by atoms with Crippen LogP contribution in [0.15, 0.2) is 78.7 Å². The number of methoxy groups -OCH3 is 1. The van der Waals surface area contributed by atoms with E-state index in [2.05, 4.69) is 27.6 Å². The molecular weight excluding hydrogens is 473 g/mol. The van der Waals surface area contributed by atoms with Gasteiger partial charge < -0.3 is 19.3 Å². The van der Waals surface area contributed by atoms with Gasteiger partial charge in [-0.1, -0.05) is 36.4 Å². The molecule has 3 rings (SSSR count). The highest BCUT2D eigenvalue weighted by molar-refractivity contribution is 14.1. The fraction of sp³-hybridized carbons (Fsp3) is 0.0476. The van der Waals surface area contributed by atoms with Gasteiger partial charge in [-0.05, 0) is 46.9 Å². The predicted octanol–water partition coefficient (Wildman–Crippen LogP) is 4.96. The average molecular weight is 489 g/mol. The predicted molar refractivity (Wildman–Crippen MR) is 112 cm³/mol. The van der Waals surface area contributed by atoms with E-state index in [9.17, 15) is 9.90 Å². The van der Waals surface area contributed by atoms with E-state index in [-0.39, 0.29) is 11.5 Å². The molecule has 1 aromatic heterocycles. The van der Waals surface area contributed by atoms with Gasteiger partial charge in [-0.25, -0.2) is 9.78 Å².